The number of benzene rings is 9. The van der Waals surface area contributed by atoms with Crippen molar-refractivity contribution in [3.8, 4) is 23.0 Å². The summed E-state index contributed by atoms with van der Waals surface area (Å²) in [6.45, 7) is 36.4. The fourth-order valence-corrected chi connectivity index (χ4v) is 17.2. The van der Waals surface area contributed by atoms with Crippen LogP contribution >= 0.6 is 0 Å². The Morgan fingerprint density at radius 1 is 0.344 bits per heavy atom. The summed E-state index contributed by atoms with van der Waals surface area (Å²) in [5.41, 5.74) is 16.0. The molecule has 4 saturated heterocycles. The molecule has 0 spiro atoms. The van der Waals surface area contributed by atoms with E-state index in [-0.39, 0.29) is 46.6 Å². The fraction of sp³-hybridized carbons (Fsp3) is 0.333. The number of carbonyl (C=O) groups excluding carboxylic acids is 4. The number of morpholine rings is 1. The zero-order valence-electron chi connectivity index (χ0n) is 71.5. The number of carbonyl (C=O) groups is 4. The number of piperidine rings is 1. The summed E-state index contributed by atoms with van der Waals surface area (Å²) in [5.74, 6) is 2.69. The van der Waals surface area contributed by atoms with Gasteiger partial charge in [-0.15, -0.1) is 0 Å². The van der Waals surface area contributed by atoms with Crippen LogP contribution in [0.25, 0.3) is 43.9 Å². The van der Waals surface area contributed by atoms with Crippen molar-refractivity contribution in [3.05, 3.63) is 271 Å². The summed E-state index contributed by atoms with van der Waals surface area (Å²) >= 11 is 0. The highest BCUT2D eigenvalue weighted by Gasteiger charge is 2.32. The summed E-state index contributed by atoms with van der Waals surface area (Å²) in [6, 6.07) is 54.8. The number of likely N-dealkylation sites (N-methyl/N-ethyl adjacent to an activating group) is 1. The third-order valence-corrected chi connectivity index (χ3v) is 23.5. The molecule has 4 fully saturated rings. The topological polar surface area (TPSA) is 279 Å². The van der Waals surface area contributed by atoms with E-state index in [9.17, 15) is 39.6 Å². The predicted molar refractivity (Wildman–Crippen MR) is 481 cm³/mol. The van der Waals surface area contributed by atoms with E-state index in [1.54, 1.807) is 76.2 Å². The van der Waals surface area contributed by atoms with Crippen LogP contribution in [0.5, 0.6) is 23.0 Å². The van der Waals surface area contributed by atoms with Crippen LogP contribution in [0.3, 0.4) is 0 Å². The van der Waals surface area contributed by atoms with E-state index < -0.39 is 0 Å². The average Bonchev–Trinajstić information content (AvgIpc) is 1.63. The Bertz CT molecular complexity index is 5900. The summed E-state index contributed by atoms with van der Waals surface area (Å²) in [5, 5.41) is 57.4. The molecule has 1 atom stereocenters. The first-order valence-corrected chi connectivity index (χ1v) is 42.3. The van der Waals surface area contributed by atoms with E-state index in [0.717, 1.165) is 160 Å². The lowest BCUT2D eigenvalue weighted by Crippen LogP contribution is -2.45. The maximum absolute atomic E-state index is 13.3. The van der Waals surface area contributed by atoms with Gasteiger partial charge in [-0.1, -0.05) is 92.7 Å². The number of rotatable bonds is 19. The van der Waals surface area contributed by atoms with Gasteiger partial charge in [-0.05, 0) is 212 Å². The van der Waals surface area contributed by atoms with Crippen molar-refractivity contribution in [2.45, 2.75) is 115 Å². The van der Waals surface area contributed by atoms with Gasteiger partial charge in [-0.25, -0.2) is 0 Å². The van der Waals surface area contributed by atoms with E-state index in [0.29, 0.717) is 140 Å². The molecule has 23 heteroatoms. The average molecular weight is 1650 g/mol. The zero-order valence-corrected chi connectivity index (χ0v) is 71.5. The Morgan fingerprint density at radius 3 is 0.943 bits per heavy atom. The van der Waals surface area contributed by atoms with Crippen LogP contribution < -0.4 is 21.3 Å². The fourth-order valence-electron chi connectivity index (χ4n) is 17.2. The summed E-state index contributed by atoms with van der Waals surface area (Å²) in [7, 11) is 0. The van der Waals surface area contributed by atoms with Crippen molar-refractivity contribution in [2.24, 2.45) is 5.92 Å². The Kier molecular flexibility index (Phi) is 27.7. The first kappa shape index (κ1) is 86.3. The Balaban J connectivity index is 0.000000133. The highest BCUT2D eigenvalue weighted by molar-refractivity contribution is 6.17. The van der Waals surface area contributed by atoms with E-state index >= 15 is 0 Å². The number of amides is 4. The number of aromatic hydroxyl groups is 4. The van der Waals surface area contributed by atoms with Gasteiger partial charge in [0, 0.05) is 171 Å². The molecule has 8 N–H and O–H groups in total. The number of hydrogen-bond acceptors (Lipinski definition) is 19. The van der Waals surface area contributed by atoms with Crippen LogP contribution in [-0.2, 0) is 37.5 Å². The van der Waals surface area contributed by atoms with Crippen LogP contribution in [0.1, 0.15) is 141 Å². The third kappa shape index (κ3) is 20.7. The van der Waals surface area contributed by atoms with Crippen molar-refractivity contribution in [3.63, 3.8) is 0 Å². The number of likely N-dealkylation sites (tertiary alicyclic amines) is 1. The van der Waals surface area contributed by atoms with Crippen LogP contribution in [0.15, 0.2) is 194 Å². The highest BCUT2D eigenvalue weighted by atomic mass is 16.5. The number of aryl methyl sites for hydroxylation is 8. The minimum absolute atomic E-state index is 0.171. The van der Waals surface area contributed by atoms with Crippen LogP contribution in [0, 0.1) is 61.3 Å². The van der Waals surface area contributed by atoms with Gasteiger partial charge in [0.15, 0.2) is 0 Å². The van der Waals surface area contributed by atoms with Gasteiger partial charge in [0.25, 0.3) is 23.6 Å². The van der Waals surface area contributed by atoms with Crippen molar-refractivity contribution >= 4 is 90.3 Å². The number of nitrogens with one attached hydrogen (secondary N) is 4. The monoisotopic (exact) mass is 1650 g/mol. The van der Waals surface area contributed by atoms with Gasteiger partial charge >= 0.3 is 0 Å². The molecule has 23 nitrogen and oxygen atoms in total. The molecule has 0 bridgehead atoms. The predicted octanol–water partition coefficient (Wildman–Crippen LogP) is 18.5. The molecule has 636 valence electrons. The highest BCUT2D eigenvalue weighted by Crippen LogP contribution is 2.41. The molecular formula is C99H112N10O13. The molecular weight excluding hydrogens is 1540 g/mol. The molecule has 13 aromatic rings. The van der Waals surface area contributed by atoms with Crippen molar-refractivity contribution in [1.82, 2.24) is 29.4 Å². The lowest BCUT2D eigenvalue weighted by atomic mass is 9.98. The largest absolute Gasteiger partial charge is 0.508 e. The molecule has 0 radical (unpaired) electrons. The summed E-state index contributed by atoms with van der Waals surface area (Å²) in [6.07, 6.45) is 2.39. The molecule has 4 amide bonds. The van der Waals surface area contributed by atoms with Crippen molar-refractivity contribution in [2.75, 3.05) is 120 Å². The van der Waals surface area contributed by atoms with E-state index in [4.69, 9.17) is 22.4 Å². The number of phenols is 4. The van der Waals surface area contributed by atoms with E-state index in [1.807, 2.05) is 131 Å². The number of fused-ring (bicyclic) bond motifs is 4. The second kappa shape index (κ2) is 39.2. The van der Waals surface area contributed by atoms with Crippen LogP contribution in [-0.4, -0.2) is 172 Å². The first-order chi connectivity index (χ1) is 58.9. The Morgan fingerprint density at radius 2 is 0.639 bits per heavy atom. The maximum atomic E-state index is 13.3. The van der Waals surface area contributed by atoms with Gasteiger partial charge in [-0.3, -0.25) is 43.7 Å². The van der Waals surface area contributed by atoms with Crippen LogP contribution in [0.4, 0.5) is 22.7 Å². The quantitative estimate of drug-likeness (QED) is 0.0373. The number of anilines is 4. The minimum Gasteiger partial charge on any atom is -0.508 e. The molecule has 0 saturated carbocycles. The summed E-state index contributed by atoms with van der Waals surface area (Å²) in [4.78, 5) is 66.9. The third-order valence-electron chi connectivity index (χ3n) is 23.5. The molecule has 122 heavy (non-hydrogen) atoms. The van der Waals surface area contributed by atoms with Gasteiger partial charge in [0.05, 0.1) is 35.5 Å². The number of hydrogen-bond donors (Lipinski definition) is 8. The van der Waals surface area contributed by atoms with Gasteiger partial charge < -0.3 is 69.0 Å². The second-order valence-electron chi connectivity index (χ2n) is 32.8. The molecule has 9 aromatic carbocycles. The maximum Gasteiger partial charge on any atom is 0.259 e. The summed E-state index contributed by atoms with van der Waals surface area (Å²) < 4.78 is 29.0. The lowest BCUT2D eigenvalue weighted by molar-refractivity contribution is 0.0340. The second-order valence-corrected chi connectivity index (χ2v) is 32.8. The number of furan rings is 4. The lowest BCUT2D eigenvalue weighted by Gasteiger charge is -2.35. The Labute approximate surface area is 712 Å². The Hall–Kier alpha value is -12.1. The molecule has 4 aliphatic rings. The number of nitrogens with zero attached hydrogens (tertiary/aromatic N) is 6. The van der Waals surface area contributed by atoms with Gasteiger partial charge in [-0.2, -0.15) is 0 Å². The number of piperazine rings is 2. The molecule has 4 aromatic heterocycles. The molecule has 4 aliphatic heterocycles. The SMILES string of the molecule is CCN1CCN(Cc2c(O)ccc3oc(C)c(C(=O)Nc4cccc(C)c4)c23)CC1.Cc1cccc(NC(=O)c2c(C)oc3ccc(O)c(CN4CCC[C@@H](C)C4)c23)c1.Cc1cccc(NC(=O)c2c(C)oc3ccc(O)c(CN4CCN(Cc5ccccc5)CC4)c23)c1.Cc1cccc(NC(=O)c2c(C)oc3ccc(O)c(CN4CCOCC4)c23)c1. The molecule has 0 unspecified atom stereocenters. The van der Waals surface area contributed by atoms with Crippen molar-refractivity contribution in [1.29, 1.82) is 0 Å². The van der Waals surface area contributed by atoms with E-state index in [2.05, 4.69) is 88.8 Å². The van der Waals surface area contributed by atoms with Gasteiger partial charge in [0.2, 0.25) is 0 Å². The zero-order chi connectivity index (χ0) is 85.8. The molecule has 17 rings (SSSR count). The van der Waals surface area contributed by atoms with Crippen molar-refractivity contribution < 1.29 is 62.0 Å². The molecule has 0 aliphatic carbocycles. The standard InChI is InChI=1S/C29H31N3O3.C24H29N3O3.C24H28N2O3.C22H24N2O4/c1-20-7-6-10-23(17-20)30-29(34)27-21(2)35-26-12-11-25(33)24(28(26)27)19-32-15-13-31(14-16-32)18-22-8-4-3-5-9-22;1-4-26-10-12-27(13-11-26)15-19-20(28)8-9-21-23(19)22(17(3)30-21)24(29)25-18-7-5-6-16(2)14-18;1-15-6-4-8-18(12-15)25-24(28)22-17(3)29-21-10-9-20(27)19(23(21)22)14-26-11-5-7-16(2)13-26;1-14-4-3-5-16(12-14)23-22(26)20-15(2)28-19-7-6-18(25)17(21(19)20)13-24-8-10-27-11-9-24/h3-12,17,33H,13-16,18-19H2,1-2H3,(H,30,34);5-9,14,28H,4,10-13,15H2,1-3H3,(H,25,29);4,6,8-10,12,16,27H,5,7,11,13-14H2,1-3H3,(H,25,28);3-7,12,25H,8-11,13H2,1-2H3,(H,23,26)/t;;16-;/m..1./s1. The van der Waals surface area contributed by atoms with Gasteiger partial charge in [0.1, 0.15) is 68.4 Å². The minimum atomic E-state index is -0.240. The van der Waals surface area contributed by atoms with Crippen LogP contribution in [0.2, 0.25) is 0 Å². The number of phenolic OH excluding ortho intramolecular Hbond substituents is 4. The van der Waals surface area contributed by atoms with E-state index in [1.165, 1.54) is 12.0 Å². The normalized spacial score (nSPS) is 15.7. The molecule has 8 heterocycles. The number of ether oxygens (including phenoxy) is 1. The first-order valence-electron chi connectivity index (χ1n) is 42.3. The smallest absolute Gasteiger partial charge is 0.259 e.